The number of primary amides is 1. The van der Waals surface area contributed by atoms with Gasteiger partial charge in [-0.1, -0.05) is 36.4 Å². The molecule has 2 N–H and O–H groups in total. The Morgan fingerprint density at radius 3 is 2.25 bits per heavy atom. The number of hydrogen-bond acceptors (Lipinski definition) is 5. The highest BCUT2D eigenvalue weighted by molar-refractivity contribution is 6.48. The first-order valence-corrected chi connectivity index (χ1v) is 8.49. The first-order chi connectivity index (χ1) is 13.4. The lowest BCUT2D eigenvalue weighted by molar-refractivity contribution is -0.135. The van der Waals surface area contributed by atoms with Gasteiger partial charge in [-0.05, 0) is 24.6 Å². The molecule has 0 bridgehead atoms. The average Bonchev–Trinajstić information content (AvgIpc) is 2.98. The van der Waals surface area contributed by atoms with E-state index in [1.807, 2.05) is 34.9 Å². The number of ketones is 2. The van der Waals surface area contributed by atoms with Gasteiger partial charge in [-0.25, -0.2) is 4.79 Å². The van der Waals surface area contributed by atoms with Crippen LogP contribution in [0.1, 0.15) is 32.0 Å². The predicted octanol–water partition coefficient (Wildman–Crippen LogP) is 2.02. The van der Waals surface area contributed by atoms with Gasteiger partial charge in [0.05, 0.1) is 18.2 Å². The standard InChI is InChI=1S/C21H18N2O5/c1-12-16(19(25)20(22)26)17-14(18(24)21(27)28-2)9-6-10-15(17)23(12)11-13-7-4-3-5-8-13/h3-10H,11H2,1-2H3,(H2,22,26). The van der Waals surface area contributed by atoms with Crippen LogP contribution in [-0.2, 0) is 20.9 Å². The molecule has 0 saturated carbocycles. The lowest BCUT2D eigenvalue weighted by Gasteiger charge is -2.09. The fourth-order valence-corrected chi connectivity index (χ4v) is 3.29. The molecule has 3 aromatic rings. The molecular weight excluding hydrogens is 360 g/mol. The van der Waals surface area contributed by atoms with E-state index in [0.29, 0.717) is 17.8 Å². The summed E-state index contributed by atoms with van der Waals surface area (Å²) in [4.78, 5) is 48.5. The molecule has 7 nitrogen and oxygen atoms in total. The number of carbonyl (C=O) groups excluding carboxylic acids is 4. The topological polar surface area (TPSA) is 108 Å². The molecular formula is C21H18N2O5. The number of benzene rings is 2. The molecule has 1 heterocycles. The molecule has 0 spiro atoms. The molecule has 0 aliphatic carbocycles. The fourth-order valence-electron chi connectivity index (χ4n) is 3.29. The summed E-state index contributed by atoms with van der Waals surface area (Å²) in [5.41, 5.74) is 7.22. The highest BCUT2D eigenvalue weighted by Gasteiger charge is 2.29. The molecule has 0 unspecified atom stereocenters. The van der Waals surface area contributed by atoms with Gasteiger partial charge in [0.1, 0.15) is 0 Å². The van der Waals surface area contributed by atoms with E-state index in [2.05, 4.69) is 4.74 Å². The van der Waals surface area contributed by atoms with E-state index in [-0.39, 0.29) is 16.5 Å². The number of esters is 1. The number of carbonyl (C=O) groups is 4. The summed E-state index contributed by atoms with van der Waals surface area (Å²) in [6.07, 6.45) is 0. The van der Waals surface area contributed by atoms with Crippen molar-refractivity contribution in [1.82, 2.24) is 4.57 Å². The number of methoxy groups -OCH3 is 1. The fraction of sp³-hybridized carbons (Fsp3) is 0.143. The molecule has 0 aliphatic rings. The van der Waals surface area contributed by atoms with E-state index in [1.54, 1.807) is 19.1 Å². The largest absolute Gasteiger partial charge is 0.463 e. The lowest BCUT2D eigenvalue weighted by atomic mass is 9.99. The number of amides is 1. The molecule has 0 aliphatic heterocycles. The van der Waals surface area contributed by atoms with E-state index >= 15 is 0 Å². The number of fused-ring (bicyclic) bond motifs is 1. The Morgan fingerprint density at radius 2 is 1.64 bits per heavy atom. The van der Waals surface area contributed by atoms with Gasteiger partial charge >= 0.3 is 5.97 Å². The Kier molecular flexibility index (Phi) is 5.08. The second kappa shape index (κ2) is 7.48. The van der Waals surface area contributed by atoms with Crippen LogP contribution in [0.15, 0.2) is 48.5 Å². The van der Waals surface area contributed by atoms with Crippen LogP contribution in [0.3, 0.4) is 0 Å². The van der Waals surface area contributed by atoms with Crippen molar-refractivity contribution >= 4 is 34.3 Å². The van der Waals surface area contributed by atoms with E-state index in [4.69, 9.17) is 5.73 Å². The Balaban J connectivity index is 2.33. The van der Waals surface area contributed by atoms with Gasteiger partial charge in [0.2, 0.25) is 0 Å². The van der Waals surface area contributed by atoms with Crippen molar-refractivity contribution < 1.29 is 23.9 Å². The SMILES string of the molecule is COC(=O)C(=O)c1cccc2c1c(C(=O)C(N)=O)c(C)n2Cc1ccccc1. The van der Waals surface area contributed by atoms with Gasteiger partial charge in [0.25, 0.3) is 17.5 Å². The molecule has 0 saturated heterocycles. The average molecular weight is 378 g/mol. The van der Waals surface area contributed by atoms with Crippen LogP contribution < -0.4 is 5.73 Å². The Labute approximate surface area is 160 Å². The first-order valence-electron chi connectivity index (χ1n) is 8.49. The highest BCUT2D eigenvalue weighted by atomic mass is 16.5. The van der Waals surface area contributed by atoms with Crippen molar-refractivity contribution in [2.75, 3.05) is 7.11 Å². The summed E-state index contributed by atoms with van der Waals surface area (Å²) in [5.74, 6) is -4.01. The summed E-state index contributed by atoms with van der Waals surface area (Å²) in [6, 6.07) is 14.3. The molecule has 7 heteroatoms. The number of nitrogens with two attached hydrogens (primary N) is 1. The second-order valence-electron chi connectivity index (χ2n) is 6.25. The van der Waals surface area contributed by atoms with Gasteiger partial charge in [-0.2, -0.15) is 0 Å². The maximum absolute atomic E-state index is 12.5. The van der Waals surface area contributed by atoms with Crippen LogP contribution in [0.25, 0.3) is 10.9 Å². The van der Waals surface area contributed by atoms with Crippen molar-refractivity contribution in [3.05, 3.63) is 70.9 Å². The van der Waals surface area contributed by atoms with Gasteiger partial charge in [0.15, 0.2) is 0 Å². The minimum absolute atomic E-state index is 0.0103. The molecule has 1 aromatic heterocycles. The van der Waals surface area contributed by atoms with Crippen LogP contribution >= 0.6 is 0 Å². The monoisotopic (exact) mass is 378 g/mol. The third kappa shape index (κ3) is 3.18. The van der Waals surface area contributed by atoms with Gasteiger partial charge in [-0.3, -0.25) is 14.4 Å². The molecule has 28 heavy (non-hydrogen) atoms. The van der Waals surface area contributed by atoms with E-state index in [1.165, 1.54) is 6.07 Å². The summed E-state index contributed by atoms with van der Waals surface area (Å²) >= 11 is 0. The summed E-state index contributed by atoms with van der Waals surface area (Å²) < 4.78 is 6.34. The van der Waals surface area contributed by atoms with Gasteiger partial charge in [0, 0.05) is 23.2 Å². The van der Waals surface area contributed by atoms with Crippen molar-refractivity contribution in [3.63, 3.8) is 0 Å². The number of rotatable bonds is 6. The van der Waals surface area contributed by atoms with Crippen LogP contribution in [0.2, 0.25) is 0 Å². The van der Waals surface area contributed by atoms with Gasteiger partial charge < -0.3 is 15.0 Å². The molecule has 2 aromatic carbocycles. The first kappa shape index (κ1) is 19.0. The third-order valence-corrected chi connectivity index (χ3v) is 4.60. The minimum Gasteiger partial charge on any atom is -0.463 e. The van der Waals surface area contributed by atoms with Crippen LogP contribution in [-0.4, -0.2) is 35.1 Å². The van der Waals surface area contributed by atoms with Gasteiger partial charge in [-0.15, -0.1) is 0 Å². The molecule has 0 atom stereocenters. The molecule has 0 radical (unpaired) electrons. The van der Waals surface area contributed by atoms with E-state index < -0.39 is 23.4 Å². The maximum Gasteiger partial charge on any atom is 0.379 e. The second-order valence-corrected chi connectivity index (χ2v) is 6.25. The summed E-state index contributed by atoms with van der Waals surface area (Å²) in [6.45, 7) is 2.08. The summed E-state index contributed by atoms with van der Waals surface area (Å²) in [5, 5.41) is 0.218. The van der Waals surface area contributed by atoms with Crippen molar-refractivity contribution in [3.8, 4) is 0 Å². The van der Waals surface area contributed by atoms with Crippen molar-refractivity contribution in [2.24, 2.45) is 5.73 Å². The quantitative estimate of drug-likeness (QED) is 0.401. The Hall–Kier alpha value is -3.74. The Morgan fingerprint density at radius 1 is 0.964 bits per heavy atom. The number of nitrogens with zero attached hydrogens (tertiary/aromatic N) is 1. The lowest BCUT2D eigenvalue weighted by Crippen LogP contribution is -2.24. The molecule has 1 amide bonds. The normalized spacial score (nSPS) is 10.6. The zero-order chi connectivity index (χ0) is 20.4. The molecule has 3 rings (SSSR count). The predicted molar refractivity (Wildman–Crippen MR) is 102 cm³/mol. The number of ether oxygens (including phenoxy) is 1. The number of Topliss-reactive ketones (excluding diaryl/α,β-unsaturated/α-hetero) is 2. The maximum atomic E-state index is 12.5. The number of hydrogen-bond donors (Lipinski definition) is 1. The van der Waals surface area contributed by atoms with Crippen LogP contribution in [0.5, 0.6) is 0 Å². The summed E-state index contributed by atoms with van der Waals surface area (Å²) in [7, 11) is 1.10. The van der Waals surface area contributed by atoms with E-state index in [9.17, 15) is 19.2 Å². The molecule has 0 fully saturated rings. The van der Waals surface area contributed by atoms with Crippen molar-refractivity contribution in [2.45, 2.75) is 13.5 Å². The highest BCUT2D eigenvalue weighted by Crippen LogP contribution is 2.31. The smallest absolute Gasteiger partial charge is 0.379 e. The number of aromatic nitrogens is 1. The molecule has 142 valence electrons. The van der Waals surface area contributed by atoms with E-state index in [0.717, 1.165) is 12.7 Å². The zero-order valence-electron chi connectivity index (χ0n) is 15.4. The third-order valence-electron chi connectivity index (χ3n) is 4.60. The van der Waals surface area contributed by atoms with Crippen molar-refractivity contribution in [1.29, 1.82) is 0 Å². The van der Waals surface area contributed by atoms with Crippen LogP contribution in [0, 0.1) is 6.92 Å². The minimum atomic E-state index is -1.14. The Bertz CT molecular complexity index is 1110. The van der Waals surface area contributed by atoms with Crippen LogP contribution in [0.4, 0.5) is 0 Å². The zero-order valence-corrected chi connectivity index (χ0v) is 15.4.